The van der Waals surface area contributed by atoms with Crippen molar-refractivity contribution in [2.45, 2.75) is 38.6 Å². The van der Waals surface area contributed by atoms with E-state index in [2.05, 4.69) is 88.9 Å². The summed E-state index contributed by atoms with van der Waals surface area (Å²) in [5, 5.41) is 3.80. The molecule has 3 atom stereocenters. The molecule has 180 valence electrons. The van der Waals surface area contributed by atoms with Crippen molar-refractivity contribution in [2.75, 3.05) is 18.5 Å². The minimum Gasteiger partial charge on any atom is -0.490 e. The Hall–Kier alpha value is -3.05. The fourth-order valence-corrected chi connectivity index (χ4v) is 5.63. The van der Waals surface area contributed by atoms with E-state index in [1.54, 1.807) is 0 Å². The summed E-state index contributed by atoms with van der Waals surface area (Å²) >= 11 is 3.63. The Balaban J connectivity index is 1.34. The van der Waals surface area contributed by atoms with Crippen molar-refractivity contribution >= 4 is 33.5 Å². The van der Waals surface area contributed by atoms with Crippen molar-refractivity contribution in [1.82, 2.24) is 0 Å². The molecule has 0 saturated heterocycles. The van der Waals surface area contributed by atoms with E-state index in [1.807, 2.05) is 25.3 Å². The number of benzene rings is 3. The van der Waals surface area contributed by atoms with E-state index in [0.29, 0.717) is 31.1 Å². The van der Waals surface area contributed by atoms with Crippen LogP contribution in [-0.4, -0.2) is 19.4 Å². The summed E-state index contributed by atoms with van der Waals surface area (Å²) < 4.78 is 12.6. The van der Waals surface area contributed by atoms with Gasteiger partial charge in [0.2, 0.25) is 0 Å². The molecule has 0 unspecified atom stereocenters. The molecule has 0 fully saturated rings. The molecule has 1 aliphatic heterocycles. The lowest BCUT2D eigenvalue weighted by Gasteiger charge is -2.37. The largest absolute Gasteiger partial charge is 0.490 e. The third-order valence-corrected chi connectivity index (χ3v) is 7.26. The van der Waals surface area contributed by atoms with Gasteiger partial charge in [-0.1, -0.05) is 49.4 Å². The van der Waals surface area contributed by atoms with Gasteiger partial charge in [-0.3, -0.25) is 4.99 Å². The molecule has 0 bridgehead atoms. The van der Waals surface area contributed by atoms with Crippen LogP contribution in [0.15, 0.2) is 82.3 Å². The van der Waals surface area contributed by atoms with E-state index in [9.17, 15) is 0 Å². The van der Waals surface area contributed by atoms with E-state index in [0.717, 1.165) is 40.1 Å². The highest BCUT2D eigenvalue weighted by molar-refractivity contribution is 9.10. The van der Waals surface area contributed by atoms with Crippen LogP contribution in [0, 0.1) is 5.92 Å². The Morgan fingerprint density at radius 3 is 2.69 bits per heavy atom. The predicted molar refractivity (Wildman–Crippen MR) is 148 cm³/mol. The van der Waals surface area contributed by atoms with Crippen LogP contribution in [0.3, 0.4) is 0 Å². The second-order valence-electron chi connectivity index (χ2n) is 9.02. The number of fused-ring (bicyclic) bond motifs is 3. The second kappa shape index (κ2) is 10.7. The number of anilines is 1. The zero-order chi connectivity index (χ0) is 24.2. The van der Waals surface area contributed by atoms with Gasteiger partial charge in [0.1, 0.15) is 0 Å². The monoisotopic (exact) mass is 530 g/mol. The van der Waals surface area contributed by atoms with Crippen molar-refractivity contribution in [3.05, 3.63) is 94.0 Å². The molecule has 5 heteroatoms. The first kappa shape index (κ1) is 23.7. The third kappa shape index (κ3) is 5.01. The Morgan fingerprint density at radius 2 is 1.89 bits per heavy atom. The van der Waals surface area contributed by atoms with Crippen LogP contribution in [0.4, 0.5) is 11.4 Å². The maximum atomic E-state index is 5.88. The molecule has 1 aliphatic carbocycles. The Kier molecular flexibility index (Phi) is 7.24. The third-order valence-electron chi connectivity index (χ3n) is 6.67. The Morgan fingerprint density at radius 1 is 1.06 bits per heavy atom. The minimum atomic E-state index is 0.295. The summed E-state index contributed by atoms with van der Waals surface area (Å²) in [7, 11) is 0. The van der Waals surface area contributed by atoms with Crippen molar-refractivity contribution in [2.24, 2.45) is 10.9 Å². The topological polar surface area (TPSA) is 42.8 Å². The molecule has 0 aromatic heterocycles. The van der Waals surface area contributed by atoms with Crippen LogP contribution in [0.25, 0.3) is 0 Å². The van der Waals surface area contributed by atoms with Crippen molar-refractivity contribution in [3.8, 4) is 11.5 Å². The predicted octanol–water partition coefficient (Wildman–Crippen LogP) is 8.21. The van der Waals surface area contributed by atoms with Crippen molar-refractivity contribution in [1.29, 1.82) is 0 Å². The van der Waals surface area contributed by atoms with Crippen molar-refractivity contribution in [3.63, 3.8) is 0 Å². The molecule has 2 aliphatic rings. The van der Waals surface area contributed by atoms with Crippen LogP contribution in [0.1, 0.15) is 55.3 Å². The first-order valence-corrected chi connectivity index (χ1v) is 13.2. The standard InChI is InChI=1S/C30H31BrN2O2/c1-3-16-35-30-26(31)17-20(18-28(30)34-4-2)19-32-22-14-12-21(13-15-22)29-25-10-7-9-23(25)24-8-5-6-11-27(24)33-29/h5-9,11-15,17-19,23,25,29,33H,3-4,10,16H2,1-2H3/t23-,25-,29+/m1/s1. The van der Waals surface area contributed by atoms with E-state index >= 15 is 0 Å². The molecule has 0 saturated carbocycles. The average molecular weight is 531 g/mol. The molecular weight excluding hydrogens is 500 g/mol. The normalized spacial score (nSPS) is 20.4. The summed E-state index contributed by atoms with van der Waals surface area (Å²) in [4.78, 5) is 4.72. The highest BCUT2D eigenvalue weighted by atomic mass is 79.9. The molecule has 0 amide bonds. The van der Waals surface area contributed by atoms with E-state index in [4.69, 9.17) is 14.5 Å². The number of rotatable bonds is 8. The van der Waals surface area contributed by atoms with Gasteiger partial charge < -0.3 is 14.8 Å². The van der Waals surface area contributed by atoms with Crippen LogP contribution < -0.4 is 14.8 Å². The zero-order valence-electron chi connectivity index (χ0n) is 20.2. The van der Waals surface area contributed by atoms with Gasteiger partial charge in [-0.15, -0.1) is 0 Å². The first-order chi connectivity index (χ1) is 17.2. The van der Waals surface area contributed by atoms with Crippen LogP contribution in [-0.2, 0) is 0 Å². The lowest BCUT2D eigenvalue weighted by atomic mass is 9.77. The second-order valence-corrected chi connectivity index (χ2v) is 9.88. The van der Waals surface area contributed by atoms with Gasteiger partial charge in [0.05, 0.1) is 29.4 Å². The van der Waals surface area contributed by atoms with Gasteiger partial charge in [0.25, 0.3) is 0 Å². The van der Waals surface area contributed by atoms with Gasteiger partial charge in [0.15, 0.2) is 11.5 Å². The molecule has 5 rings (SSSR count). The fourth-order valence-electron chi connectivity index (χ4n) is 5.06. The SMILES string of the molecule is CCCOc1c(Br)cc(C=Nc2ccc([C@@H]3Nc4ccccc4[C@H]4C=CC[C@H]43)cc2)cc1OCC. The van der Waals surface area contributed by atoms with Crippen LogP contribution >= 0.6 is 15.9 Å². The molecule has 0 radical (unpaired) electrons. The van der Waals surface area contributed by atoms with E-state index < -0.39 is 0 Å². The van der Waals surface area contributed by atoms with E-state index in [-0.39, 0.29) is 0 Å². The number of aliphatic imine (C=N–C) groups is 1. The number of allylic oxidation sites excluding steroid dienone is 2. The molecular formula is C30H31BrN2O2. The molecule has 4 nitrogen and oxygen atoms in total. The van der Waals surface area contributed by atoms with Gasteiger partial charge in [-0.2, -0.15) is 0 Å². The zero-order valence-corrected chi connectivity index (χ0v) is 21.8. The Bertz CT molecular complexity index is 1240. The summed E-state index contributed by atoms with van der Waals surface area (Å²) in [5.74, 6) is 2.51. The number of hydrogen-bond acceptors (Lipinski definition) is 4. The Labute approximate surface area is 216 Å². The number of ether oxygens (including phenoxy) is 2. The van der Waals surface area contributed by atoms with Gasteiger partial charge in [0, 0.05) is 17.8 Å². The van der Waals surface area contributed by atoms with Crippen molar-refractivity contribution < 1.29 is 9.47 Å². The lowest BCUT2D eigenvalue weighted by molar-refractivity contribution is 0.275. The van der Waals surface area contributed by atoms with Crippen LogP contribution in [0.5, 0.6) is 11.5 Å². The maximum Gasteiger partial charge on any atom is 0.175 e. The first-order valence-electron chi connectivity index (χ1n) is 12.4. The van der Waals surface area contributed by atoms with E-state index in [1.165, 1.54) is 16.8 Å². The number of halogens is 1. The maximum absolute atomic E-state index is 5.88. The number of nitrogens with one attached hydrogen (secondary N) is 1. The van der Waals surface area contributed by atoms with Gasteiger partial charge in [-0.25, -0.2) is 0 Å². The molecule has 35 heavy (non-hydrogen) atoms. The summed E-state index contributed by atoms with van der Waals surface area (Å²) in [6.07, 6.45) is 8.63. The average Bonchev–Trinajstić information content (AvgIpc) is 3.38. The molecule has 0 spiro atoms. The molecule has 1 N–H and O–H groups in total. The number of para-hydroxylation sites is 1. The fraction of sp³-hybridized carbons (Fsp3) is 0.300. The summed E-state index contributed by atoms with van der Waals surface area (Å²) in [6, 6.07) is 21.6. The summed E-state index contributed by atoms with van der Waals surface area (Å²) in [5.41, 5.74) is 5.84. The quantitative estimate of drug-likeness (QED) is 0.235. The number of hydrogen-bond donors (Lipinski definition) is 1. The highest BCUT2D eigenvalue weighted by Gasteiger charge is 2.37. The van der Waals surface area contributed by atoms with Gasteiger partial charge >= 0.3 is 0 Å². The molecule has 1 heterocycles. The molecule has 3 aromatic rings. The molecule has 3 aromatic carbocycles. The summed E-state index contributed by atoms with van der Waals surface area (Å²) in [6.45, 7) is 5.29. The van der Waals surface area contributed by atoms with Crippen LogP contribution in [0.2, 0.25) is 0 Å². The lowest BCUT2D eigenvalue weighted by Crippen LogP contribution is -2.28. The van der Waals surface area contributed by atoms with Gasteiger partial charge in [-0.05, 0) is 88.6 Å². The highest BCUT2D eigenvalue weighted by Crippen LogP contribution is 2.49. The number of nitrogens with zero attached hydrogens (tertiary/aromatic N) is 1. The smallest absolute Gasteiger partial charge is 0.175 e. The minimum absolute atomic E-state index is 0.295.